The summed E-state index contributed by atoms with van der Waals surface area (Å²) in [5.74, 6) is 1.92. The van der Waals surface area contributed by atoms with Crippen LogP contribution in [0.25, 0.3) is 0 Å². The molecule has 1 saturated heterocycles. The average Bonchev–Trinajstić information content (AvgIpc) is 2.48. The molecule has 0 amide bonds. The molecule has 1 aliphatic heterocycles. The molecule has 0 aromatic rings. The fourth-order valence-electron chi connectivity index (χ4n) is 4.04. The first-order valence-corrected chi connectivity index (χ1v) is 8.78. The second-order valence-corrected chi connectivity index (χ2v) is 6.80. The van der Waals surface area contributed by atoms with E-state index in [1.165, 1.54) is 77.5 Å². The number of hydrogen-bond donors (Lipinski definition) is 1. The zero-order chi connectivity index (χ0) is 13.5. The summed E-state index contributed by atoms with van der Waals surface area (Å²) < 4.78 is 0. The molecule has 3 atom stereocenters. The van der Waals surface area contributed by atoms with Crippen molar-refractivity contribution in [3.05, 3.63) is 0 Å². The number of nitrogens with zero attached hydrogens (tertiary/aromatic N) is 1. The van der Waals surface area contributed by atoms with Crippen molar-refractivity contribution < 1.29 is 0 Å². The molecule has 3 unspecified atom stereocenters. The predicted octanol–water partition coefficient (Wildman–Crippen LogP) is 3.67. The standard InChI is InChI=1S/C17H34N2/c1-3-10-18-13-16-8-6-11-19(14-16)17-9-5-7-15(4-2)12-17/h15-18H,3-14H2,1-2H3. The van der Waals surface area contributed by atoms with Gasteiger partial charge in [-0.25, -0.2) is 0 Å². The Labute approximate surface area is 120 Å². The summed E-state index contributed by atoms with van der Waals surface area (Å²) in [6.07, 6.45) is 11.4. The molecule has 1 N–H and O–H groups in total. The monoisotopic (exact) mass is 266 g/mol. The molecule has 112 valence electrons. The summed E-state index contributed by atoms with van der Waals surface area (Å²) in [5.41, 5.74) is 0. The maximum Gasteiger partial charge on any atom is 0.00980 e. The molecule has 1 aliphatic carbocycles. The Kier molecular flexibility index (Phi) is 6.66. The van der Waals surface area contributed by atoms with E-state index >= 15 is 0 Å². The van der Waals surface area contributed by atoms with Crippen LogP contribution in [0.2, 0.25) is 0 Å². The second kappa shape index (κ2) is 8.26. The molecule has 2 fully saturated rings. The molecule has 19 heavy (non-hydrogen) atoms. The number of likely N-dealkylation sites (tertiary alicyclic amines) is 1. The highest BCUT2D eigenvalue weighted by atomic mass is 15.2. The molecular formula is C17H34N2. The number of nitrogens with one attached hydrogen (secondary N) is 1. The lowest BCUT2D eigenvalue weighted by molar-refractivity contribution is 0.0812. The van der Waals surface area contributed by atoms with Gasteiger partial charge in [0.2, 0.25) is 0 Å². The van der Waals surface area contributed by atoms with Gasteiger partial charge >= 0.3 is 0 Å². The highest BCUT2D eigenvalue weighted by Crippen LogP contribution is 2.31. The van der Waals surface area contributed by atoms with Crippen LogP contribution in [0.15, 0.2) is 0 Å². The van der Waals surface area contributed by atoms with Crippen LogP contribution in [0.5, 0.6) is 0 Å². The van der Waals surface area contributed by atoms with Crippen molar-refractivity contribution in [1.29, 1.82) is 0 Å². The van der Waals surface area contributed by atoms with Gasteiger partial charge in [-0.05, 0) is 63.6 Å². The average molecular weight is 266 g/mol. The molecule has 0 aromatic carbocycles. The molecule has 2 nitrogen and oxygen atoms in total. The zero-order valence-corrected chi connectivity index (χ0v) is 13.2. The zero-order valence-electron chi connectivity index (χ0n) is 13.2. The quantitative estimate of drug-likeness (QED) is 0.738. The van der Waals surface area contributed by atoms with Gasteiger partial charge in [0.15, 0.2) is 0 Å². The molecule has 0 aromatic heterocycles. The van der Waals surface area contributed by atoms with E-state index in [4.69, 9.17) is 0 Å². The Morgan fingerprint density at radius 3 is 2.68 bits per heavy atom. The van der Waals surface area contributed by atoms with Crippen LogP contribution in [0.1, 0.15) is 65.2 Å². The number of piperidine rings is 1. The van der Waals surface area contributed by atoms with Gasteiger partial charge in [0.05, 0.1) is 0 Å². The SMILES string of the molecule is CCCNCC1CCCN(C2CCCC(CC)C2)C1. The summed E-state index contributed by atoms with van der Waals surface area (Å²) in [4.78, 5) is 2.84. The minimum absolute atomic E-state index is 0.905. The van der Waals surface area contributed by atoms with E-state index in [0.29, 0.717) is 0 Å². The van der Waals surface area contributed by atoms with Gasteiger partial charge in [-0.1, -0.05) is 33.1 Å². The fourth-order valence-corrected chi connectivity index (χ4v) is 4.04. The lowest BCUT2D eigenvalue weighted by Crippen LogP contribution is -2.46. The summed E-state index contributed by atoms with van der Waals surface area (Å²) in [7, 11) is 0. The predicted molar refractivity (Wildman–Crippen MR) is 83.5 cm³/mol. The summed E-state index contributed by atoms with van der Waals surface area (Å²) in [5, 5.41) is 3.62. The van der Waals surface area contributed by atoms with Crippen molar-refractivity contribution in [3.63, 3.8) is 0 Å². The van der Waals surface area contributed by atoms with E-state index in [1.54, 1.807) is 0 Å². The van der Waals surface area contributed by atoms with Crippen molar-refractivity contribution in [2.45, 2.75) is 71.3 Å². The van der Waals surface area contributed by atoms with E-state index in [2.05, 4.69) is 24.1 Å². The van der Waals surface area contributed by atoms with E-state index in [0.717, 1.165) is 17.9 Å². The van der Waals surface area contributed by atoms with Gasteiger partial charge < -0.3 is 10.2 Å². The Balaban J connectivity index is 1.76. The highest BCUT2D eigenvalue weighted by molar-refractivity contribution is 4.84. The first-order valence-electron chi connectivity index (χ1n) is 8.78. The molecule has 1 heterocycles. The van der Waals surface area contributed by atoms with Gasteiger partial charge in [0, 0.05) is 12.6 Å². The first kappa shape index (κ1) is 15.3. The Bertz CT molecular complexity index is 241. The van der Waals surface area contributed by atoms with Gasteiger partial charge in [0.25, 0.3) is 0 Å². The number of rotatable bonds is 6. The van der Waals surface area contributed by atoms with Gasteiger partial charge in [0.1, 0.15) is 0 Å². The number of hydrogen-bond acceptors (Lipinski definition) is 2. The van der Waals surface area contributed by atoms with Crippen LogP contribution in [0.4, 0.5) is 0 Å². The Hall–Kier alpha value is -0.0800. The largest absolute Gasteiger partial charge is 0.316 e. The van der Waals surface area contributed by atoms with Crippen LogP contribution < -0.4 is 5.32 Å². The molecular weight excluding hydrogens is 232 g/mol. The molecule has 2 heteroatoms. The molecule has 2 rings (SSSR count). The van der Waals surface area contributed by atoms with E-state index in [-0.39, 0.29) is 0 Å². The van der Waals surface area contributed by atoms with Crippen molar-refractivity contribution in [2.75, 3.05) is 26.2 Å². The van der Waals surface area contributed by atoms with Crippen LogP contribution >= 0.6 is 0 Å². The highest BCUT2D eigenvalue weighted by Gasteiger charge is 2.29. The lowest BCUT2D eigenvalue weighted by Gasteiger charge is -2.42. The minimum atomic E-state index is 0.905. The molecule has 0 radical (unpaired) electrons. The van der Waals surface area contributed by atoms with Gasteiger partial charge in [-0.3, -0.25) is 0 Å². The van der Waals surface area contributed by atoms with Crippen molar-refractivity contribution in [1.82, 2.24) is 10.2 Å². The van der Waals surface area contributed by atoms with Crippen molar-refractivity contribution >= 4 is 0 Å². The van der Waals surface area contributed by atoms with Crippen LogP contribution in [-0.2, 0) is 0 Å². The van der Waals surface area contributed by atoms with Crippen molar-refractivity contribution in [3.8, 4) is 0 Å². The van der Waals surface area contributed by atoms with Crippen LogP contribution in [-0.4, -0.2) is 37.1 Å². The molecule has 2 aliphatic rings. The van der Waals surface area contributed by atoms with Gasteiger partial charge in [-0.2, -0.15) is 0 Å². The lowest BCUT2D eigenvalue weighted by atomic mass is 9.82. The fraction of sp³-hybridized carbons (Fsp3) is 1.00. The van der Waals surface area contributed by atoms with Gasteiger partial charge in [-0.15, -0.1) is 0 Å². The molecule has 0 spiro atoms. The first-order chi connectivity index (χ1) is 9.33. The second-order valence-electron chi connectivity index (χ2n) is 6.80. The minimum Gasteiger partial charge on any atom is -0.316 e. The third-order valence-corrected chi connectivity index (χ3v) is 5.26. The molecule has 0 bridgehead atoms. The topological polar surface area (TPSA) is 15.3 Å². The van der Waals surface area contributed by atoms with Crippen LogP contribution in [0, 0.1) is 11.8 Å². The van der Waals surface area contributed by atoms with E-state index < -0.39 is 0 Å². The van der Waals surface area contributed by atoms with Crippen molar-refractivity contribution in [2.24, 2.45) is 11.8 Å². The van der Waals surface area contributed by atoms with E-state index in [9.17, 15) is 0 Å². The smallest absolute Gasteiger partial charge is 0.00980 e. The summed E-state index contributed by atoms with van der Waals surface area (Å²) >= 11 is 0. The third-order valence-electron chi connectivity index (χ3n) is 5.26. The maximum absolute atomic E-state index is 3.62. The Morgan fingerprint density at radius 2 is 1.89 bits per heavy atom. The molecule has 1 saturated carbocycles. The third kappa shape index (κ3) is 4.75. The van der Waals surface area contributed by atoms with Crippen LogP contribution in [0.3, 0.4) is 0 Å². The van der Waals surface area contributed by atoms with E-state index in [1.807, 2.05) is 0 Å². The normalized spacial score (nSPS) is 33.5. The summed E-state index contributed by atoms with van der Waals surface area (Å²) in [6, 6.07) is 0.910. The maximum atomic E-state index is 3.62. The summed E-state index contributed by atoms with van der Waals surface area (Å²) in [6.45, 7) is 9.79. The Morgan fingerprint density at radius 1 is 1.05 bits per heavy atom.